The van der Waals surface area contributed by atoms with Crippen molar-refractivity contribution >= 4 is 11.7 Å². The Hall–Kier alpha value is -2.76. The Morgan fingerprint density at radius 1 is 1.09 bits per heavy atom. The zero-order chi connectivity index (χ0) is 22.7. The van der Waals surface area contributed by atoms with Gasteiger partial charge in [0.25, 0.3) is 0 Å². The number of carbonyl (C=O) groups excluding carboxylic acids is 1. The summed E-state index contributed by atoms with van der Waals surface area (Å²) in [6, 6.07) is 10.6. The van der Waals surface area contributed by atoms with Crippen molar-refractivity contribution in [2.45, 2.75) is 52.0 Å². The molecule has 2 aromatic carbocycles. The average Bonchev–Trinajstić information content (AvgIpc) is 3.41. The van der Waals surface area contributed by atoms with Crippen LogP contribution in [0.4, 0.5) is 14.9 Å². The van der Waals surface area contributed by atoms with Gasteiger partial charge in [0.1, 0.15) is 5.82 Å². The van der Waals surface area contributed by atoms with Crippen LogP contribution in [0.1, 0.15) is 56.6 Å². The van der Waals surface area contributed by atoms with Crippen molar-refractivity contribution < 1.29 is 18.7 Å². The number of urea groups is 1. The molecule has 6 heteroatoms. The third-order valence-electron chi connectivity index (χ3n) is 6.53. The molecule has 1 aliphatic carbocycles. The SMILES string of the molecule is CCCCCOc1cc(N2CCN(Cc3cc(F)ccc3C3CC3C)C2=O)ccc1OC. The lowest BCUT2D eigenvalue weighted by Crippen LogP contribution is -2.31. The average molecular weight is 441 g/mol. The second kappa shape index (κ2) is 9.80. The second-order valence-electron chi connectivity index (χ2n) is 8.91. The number of benzene rings is 2. The van der Waals surface area contributed by atoms with Crippen LogP contribution in [0.5, 0.6) is 11.5 Å². The molecule has 0 N–H and O–H groups in total. The summed E-state index contributed by atoms with van der Waals surface area (Å²) in [5, 5.41) is 0. The number of carbonyl (C=O) groups is 1. The van der Waals surface area contributed by atoms with E-state index in [9.17, 15) is 9.18 Å². The minimum Gasteiger partial charge on any atom is -0.493 e. The molecule has 0 radical (unpaired) electrons. The normalized spacial score (nSPS) is 20.1. The van der Waals surface area contributed by atoms with E-state index in [2.05, 4.69) is 13.8 Å². The summed E-state index contributed by atoms with van der Waals surface area (Å²) in [4.78, 5) is 16.8. The van der Waals surface area contributed by atoms with E-state index in [-0.39, 0.29) is 11.8 Å². The van der Waals surface area contributed by atoms with Crippen molar-refractivity contribution in [3.05, 3.63) is 53.3 Å². The van der Waals surface area contributed by atoms with E-state index in [1.165, 1.54) is 11.6 Å². The van der Waals surface area contributed by atoms with E-state index in [4.69, 9.17) is 9.47 Å². The van der Waals surface area contributed by atoms with E-state index in [1.54, 1.807) is 23.0 Å². The van der Waals surface area contributed by atoms with Crippen LogP contribution in [-0.4, -0.2) is 37.7 Å². The number of ether oxygens (including phenoxy) is 2. The number of amides is 2. The first-order valence-electron chi connectivity index (χ1n) is 11.7. The molecule has 0 aromatic heterocycles. The molecule has 0 bridgehead atoms. The quantitative estimate of drug-likeness (QED) is 0.428. The van der Waals surface area contributed by atoms with Gasteiger partial charge in [0.15, 0.2) is 11.5 Å². The third kappa shape index (κ3) is 4.84. The van der Waals surface area contributed by atoms with Gasteiger partial charge in [-0.2, -0.15) is 0 Å². The molecule has 2 unspecified atom stereocenters. The van der Waals surface area contributed by atoms with Crippen molar-refractivity contribution in [2.75, 3.05) is 31.7 Å². The molecule has 1 saturated carbocycles. The maximum absolute atomic E-state index is 14.0. The van der Waals surface area contributed by atoms with Crippen molar-refractivity contribution in [3.63, 3.8) is 0 Å². The van der Waals surface area contributed by atoms with Gasteiger partial charge in [-0.25, -0.2) is 9.18 Å². The van der Waals surface area contributed by atoms with E-state index >= 15 is 0 Å². The Labute approximate surface area is 190 Å². The van der Waals surface area contributed by atoms with Crippen molar-refractivity contribution in [1.82, 2.24) is 4.90 Å². The smallest absolute Gasteiger partial charge is 0.324 e. The molecule has 2 aromatic rings. The van der Waals surface area contributed by atoms with Crippen LogP contribution in [0, 0.1) is 11.7 Å². The minimum atomic E-state index is -0.249. The van der Waals surface area contributed by atoms with Gasteiger partial charge in [0.05, 0.1) is 13.7 Å². The van der Waals surface area contributed by atoms with Crippen LogP contribution in [-0.2, 0) is 6.54 Å². The van der Waals surface area contributed by atoms with Crippen LogP contribution in [0.2, 0.25) is 0 Å². The zero-order valence-electron chi connectivity index (χ0n) is 19.3. The first-order chi connectivity index (χ1) is 15.5. The molecular weight excluding hydrogens is 407 g/mol. The molecule has 2 fully saturated rings. The van der Waals surface area contributed by atoms with Gasteiger partial charge in [-0.15, -0.1) is 0 Å². The molecular formula is C26H33FN2O3. The van der Waals surface area contributed by atoms with Crippen LogP contribution < -0.4 is 14.4 Å². The molecule has 5 nitrogen and oxygen atoms in total. The van der Waals surface area contributed by atoms with Crippen LogP contribution in [0.15, 0.2) is 36.4 Å². The van der Waals surface area contributed by atoms with Gasteiger partial charge in [-0.3, -0.25) is 4.90 Å². The van der Waals surface area contributed by atoms with Crippen molar-refractivity contribution in [2.24, 2.45) is 5.92 Å². The molecule has 32 heavy (non-hydrogen) atoms. The monoisotopic (exact) mass is 440 g/mol. The largest absolute Gasteiger partial charge is 0.493 e. The van der Waals surface area contributed by atoms with Gasteiger partial charge in [-0.1, -0.05) is 32.8 Å². The summed E-state index contributed by atoms with van der Waals surface area (Å²) in [5.74, 6) is 2.17. The van der Waals surface area contributed by atoms with Crippen LogP contribution >= 0.6 is 0 Å². The second-order valence-corrected chi connectivity index (χ2v) is 8.91. The van der Waals surface area contributed by atoms with Crippen molar-refractivity contribution in [1.29, 1.82) is 0 Å². The van der Waals surface area contributed by atoms with E-state index in [1.807, 2.05) is 24.3 Å². The van der Waals surface area contributed by atoms with Gasteiger partial charge in [0.2, 0.25) is 0 Å². The van der Waals surface area contributed by atoms with Crippen LogP contribution in [0.3, 0.4) is 0 Å². The Morgan fingerprint density at radius 2 is 1.91 bits per heavy atom. The predicted molar refractivity (Wildman–Crippen MR) is 124 cm³/mol. The molecule has 172 valence electrons. The Kier molecular flexibility index (Phi) is 6.87. The highest BCUT2D eigenvalue weighted by atomic mass is 19.1. The fourth-order valence-electron chi connectivity index (χ4n) is 4.48. The molecule has 2 atom stereocenters. The lowest BCUT2D eigenvalue weighted by molar-refractivity contribution is 0.218. The third-order valence-corrected chi connectivity index (χ3v) is 6.53. The Morgan fingerprint density at radius 3 is 2.62 bits per heavy atom. The van der Waals surface area contributed by atoms with Gasteiger partial charge in [0, 0.05) is 31.4 Å². The number of unbranched alkanes of at least 4 members (excludes halogenated alkanes) is 2. The van der Waals surface area contributed by atoms with E-state index in [0.717, 1.165) is 36.9 Å². The number of nitrogens with zero attached hydrogens (tertiary/aromatic N) is 2. The highest BCUT2D eigenvalue weighted by Crippen LogP contribution is 2.48. The first kappa shape index (κ1) is 22.4. The Balaban J connectivity index is 1.47. The topological polar surface area (TPSA) is 42.0 Å². The molecule has 1 aliphatic heterocycles. The summed E-state index contributed by atoms with van der Waals surface area (Å²) >= 11 is 0. The number of methoxy groups -OCH3 is 1. The zero-order valence-corrected chi connectivity index (χ0v) is 19.3. The van der Waals surface area contributed by atoms with Gasteiger partial charge >= 0.3 is 6.03 Å². The highest BCUT2D eigenvalue weighted by Gasteiger charge is 2.37. The molecule has 1 heterocycles. The summed E-state index contributed by atoms with van der Waals surface area (Å²) in [6.07, 6.45) is 4.36. The van der Waals surface area contributed by atoms with E-state index in [0.29, 0.717) is 49.6 Å². The van der Waals surface area contributed by atoms with Crippen LogP contribution in [0.25, 0.3) is 0 Å². The molecule has 0 spiro atoms. The Bertz CT molecular complexity index is 964. The maximum Gasteiger partial charge on any atom is 0.324 e. The molecule has 4 rings (SSSR count). The highest BCUT2D eigenvalue weighted by molar-refractivity contribution is 5.94. The number of hydrogen-bond acceptors (Lipinski definition) is 3. The van der Waals surface area contributed by atoms with E-state index < -0.39 is 0 Å². The number of hydrogen-bond donors (Lipinski definition) is 0. The summed E-state index contributed by atoms with van der Waals surface area (Å²) in [5.41, 5.74) is 2.89. The lowest BCUT2D eigenvalue weighted by atomic mass is 10.0. The standard InChI is InChI=1S/C26H33FN2O3/c1-4-5-6-13-32-25-16-21(8-10-24(25)31-3)29-12-11-28(26(29)30)17-19-15-20(27)7-9-22(19)23-14-18(23)2/h7-10,15-16,18,23H,4-6,11-14,17H2,1-3H3. The summed E-state index contributed by atoms with van der Waals surface area (Å²) < 4.78 is 25.3. The molecule has 2 aliphatic rings. The summed E-state index contributed by atoms with van der Waals surface area (Å²) in [6.45, 7) is 6.62. The fourth-order valence-corrected chi connectivity index (χ4v) is 4.48. The number of rotatable bonds is 10. The lowest BCUT2D eigenvalue weighted by Gasteiger charge is -2.21. The molecule has 1 saturated heterocycles. The number of halogens is 1. The first-order valence-corrected chi connectivity index (χ1v) is 11.7. The maximum atomic E-state index is 14.0. The predicted octanol–water partition coefficient (Wildman–Crippen LogP) is 5.97. The molecule has 2 amide bonds. The van der Waals surface area contributed by atoms with Gasteiger partial charge in [-0.05, 0) is 60.1 Å². The fraction of sp³-hybridized carbons (Fsp3) is 0.500. The minimum absolute atomic E-state index is 0.0637. The number of anilines is 1. The van der Waals surface area contributed by atoms with Gasteiger partial charge < -0.3 is 14.4 Å². The van der Waals surface area contributed by atoms with Crippen molar-refractivity contribution in [3.8, 4) is 11.5 Å². The summed E-state index contributed by atoms with van der Waals surface area (Å²) in [7, 11) is 1.62.